The molecule has 2 rings (SSSR count). The second-order valence-corrected chi connectivity index (χ2v) is 4.77. The van der Waals surface area contributed by atoms with Crippen molar-refractivity contribution in [2.24, 2.45) is 0 Å². The number of aliphatic hydroxyl groups excluding tert-OH is 1. The summed E-state index contributed by atoms with van der Waals surface area (Å²) in [4.78, 5) is 14.0. The van der Waals surface area contributed by atoms with Crippen LogP contribution in [0.15, 0.2) is 24.3 Å². The average molecular weight is 266 g/mol. The van der Waals surface area contributed by atoms with Gasteiger partial charge in [-0.15, -0.1) is 0 Å². The van der Waals surface area contributed by atoms with Crippen molar-refractivity contribution in [2.45, 2.75) is 25.4 Å². The number of rotatable bonds is 5. The molecule has 1 fully saturated rings. The predicted octanol–water partition coefficient (Wildman–Crippen LogP) is 0.899. The lowest BCUT2D eigenvalue weighted by molar-refractivity contribution is -0.125. The molecule has 4 nitrogen and oxygen atoms in total. The largest absolute Gasteiger partial charge is 0.395 e. The first-order valence-corrected chi connectivity index (χ1v) is 6.58. The molecule has 104 valence electrons. The summed E-state index contributed by atoms with van der Waals surface area (Å²) >= 11 is 0. The molecule has 1 saturated heterocycles. The Morgan fingerprint density at radius 1 is 1.42 bits per heavy atom. The number of carbonyl (C=O) groups excluding carboxylic acids is 1. The Kier molecular flexibility index (Phi) is 4.87. The van der Waals surface area contributed by atoms with E-state index in [1.54, 1.807) is 12.1 Å². The van der Waals surface area contributed by atoms with Crippen molar-refractivity contribution < 1.29 is 14.3 Å². The lowest BCUT2D eigenvalue weighted by Gasteiger charge is -2.23. The van der Waals surface area contributed by atoms with Gasteiger partial charge in [0.1, 0.15) is 5.82 Å². The van der Waals surface area contributed by atoms with Crippen molar-refractivity contribution in [2.75, 3.05) is 19.7 Å². The number of likely N-dealkylation sites (tertiary alicyclic amines) is 1. The van der Waals surface area contributed by atoms with E-state index in [9.17, 15) is 9.18 Å². The van der Waals surface area contributed by atoms with Crippen LogP contribution in [0.4, 0.5) is 4.39 Å². The van der Waals surface area contributed by atoms with E-state index in [1.807, 2.05) is 0 Å². The fraction of sp³-hybridized carbons (Fsp3) is 0.500. The van der Waals surface area contributed by atoms with Crippen LogP contribution in [0.2, 0.25) is 0 Å². The van der Waals surface area contributed by atoms with Crippen LogP contribution >= 0.6 is 0 Å². The van der Waals surface area contributed by atoms with Crippen LogP contribution in [0, 0.1) is 5.82 Å². The van der Waals surface area contributed by atoms with Crippen molar-refractivity contribution in [3.8, 4) is 0 Å². The van der Waals surface area contributed by atoms with Crippen LogP contribution in [-0.2, 0) is 11.3 Å². The van der Waals surface area contributed by atoms with Crippen molar-refractivity contribution in [3.63, 3.8) is 0 Å². The first-order valence-electron chi connectivity index (χ1n) is 6.58. The number of aliphatic hydroxyl groups is 1. The van der Waals surface area contributed by atoms with Gasteiger partial charge in [0.25, 0.3) is 0 Å². The maximum absolute atomic E-state index is 12.8. The summed E-state index contributed by atoms with van der Waals surface area (Å²) in [5.74, 6) is -0.281. The summed E-state index contributed by atoms with van der Waals surface area (Å²) in [5.41, 5.74) is 1.00. The SMILES string of the molecule is O=C(NCCO)C1CCCN1Cc1ccc(F)cc1. The predicted molar refractivity (Wildman–Crippen MR) is 69.9 cm³/mol. The molecule has 0 radical (unpaired) electrons. The smallest absolute Gasteiger partial charge is 0.237 e. The van der Waals surface area contributed by atoms with E-state index in [-0.39, 0.29) is 24.4 Å². The Bertz CT molecular complexity index is 422. The second-order valence-electron chi connectivity index (χ2n) is 4.77. The fourth-order valence-corrected chi connectivity index (χ4v) is 2.43. The van der Waals surface area contributed by atoms with Gasteiger partial charge in [-0.25, -0.2) is 4.39 Å². The normalized spacial score (nSPS) is 19.6. The zero-order valence-corrected chi connectivity index (χ0v) is 10.8. The standard InChI is InChI=1S/C14H19FN2O2/c15-12-5-3-11(4-6-12)10-17-8-1-2-13(17)14(19)16-7-9-18/h3-6,13,18H,1-2,7-10H2,(H,16,19). The maximum Gasteiger partial charge on any atom is 0.237 e. The topological polar surface area (TPSA) is 52.6 Å². The molecule has 2 N–H and O–H groups in total. The van der Waals surface area contributed by atoms with Crippen LogP contribution in [0.1, 0.15) is 18.4 Å². The summed E-state index contributed by atoms with van der Waals surface area (Å²) in [6.07, 6.45) is 1.82. The Morgan fingerprint density at radius 3 is 2.84 bits per heavy atom. The minimum absolute atomic E-state index is 0.0336. The van der Waals surface area contributed by atoms with Crippen LogP contribution in [-0.4, -0.2) is 41.7 Å². The first-order chi connectivity index (χ1) is 9.20. The number of benzene rings is 1. The van der Waals surface area contributed by atoms with Crippen molar-refractivity contribution >= 4 is 5.91 Å². The minimum atomic E-state index is -0.248. The highest BCUT2D eigenvalue weighted by molar-refractivity contribution is 5.82. The van der Waals surface area contributed by atoms with Crippen LogP contribution in [0.5, 0.6) is 0 Å². The molecular weight excluding hydrogens is 247 g/mol. The van der Waals surface area contributed by atoms with Gasteiger partial charge in [-0.3, -0.25) is 9.69 Å². The number of hydrogen-bond donors (Lipinski definition) is 2. The van der Waals surface area contributed by atoms with Gasteiger partial charge in [-0.2, -0.15) is 0 Å². The summed E-state index contributed by atoms with van der Waals surface area (Å²) in [6.45, 7) is 1.77. The minimum Gasteiger partial charge on any atom is -0.395 e. The maximum atomic E-state index is 12.8. The van der Waals surface area contributed by atoms with Crippen LogP contribution in [0.25, 0.3) is 0 Å². The molecular formula is C14H19FN2O2. The van der Waals surface area contributed by atoms with Gasteiger partial charge in [-0.05, 0) is 37.1 Å². The lowest BCUT2D eigenvalue weighted by atomic mass is 10.1. The number of amides is 1. The molecule has 0 bridgehead atoms. The molecule has 1 amide bonds. The van der Waals surface area contributed by atoms with Gasteiger partial charge in [0.2, 0.25) is 5.91 Å². The summed E-state index contributed by atoms with van der Waals surface area (Å²) in [7, 11) is 0. The zero-order chi connectivity index (χ0) is 13.7. The molecule has 1 aromatic rings. The number of carbonyl (C=O) groups is 1. The van der Waals surface area contributed by atoms with Crippen molar-refractivity contribution in [1.82, 2.24) is 10.2 Å². The molecule has 1 heterocycles. The molecule has 0 aliphatic carbocycles. The van der Waals surface area contributed by atoms with E-state index in [0.29, 0.717) is 13.1 Å². The van der Waals surface area contributed by atoms with Crippen molar-refractivity contribution in [3.05, 3.63) is 35.6 Å². The average Bonchev–Trinajstić information content (AvgIpc) is 2.87. The molecule has 1 aromatic carbocycles. The third-order valence-corrected chi connectivity index (χ3v) is 3.38. The van der Waals surface area contributed by atoms with E-state index in [0.717, 1.165) is 24.9 Å². The number of nitrogens with one attached hydrogen (secondary N) is 1. The molecule has 0 aromatic heterocycles. The Hall–Kier alpha value is -1.46. The second kappa shape index (κ2) is 6.63. The highest BCUT2D eigenvalue weighted by atomic mass is 19.1. The molecule has 5 heteroatoms. The molecule has 1 aliphatic rings. The molecule has 1 unspecified atom stereocenters. The zero-order valence-electron chi connectivity index (χ0n) is 10.8. The Morgan fingerprint density at radius 2 is 2.16 bits per heavy atom. The number of nitrogens with zero attached hydrogens (tertiary/aromatic N) is 1. The first kappa shape index (κ1) is 14.0. The fourth-order valence-electron chi connectivity index (χ4n) is 2.43. The summed E-state index contributed by atoms with van der Waals surface area (Å²) < 4.78 is 12.8. The molecule has 1 aliphatic heterocycles. The van der Waals surface area contributed by atoms with Gasteiger partial charge in [0, 0.05) is 13.1 Å². The van der Waals surface area contributed by atoms with Gasteiger partial charge >= 0.3 is 0 Å². The molecule has 0 saturated carbocycles. The monoisotopic (exact) mass is 266 g/mol. The molecule has 1 atom stereocenters. The highest BCUT2D eigenvalue weighted by Crippen LogP contribution is 2.20. The highest BCUT2D eigenvalue weighted by Gasteiger charge is 2.30. The van der Waals surface area contributed by atoms with Crippen LogP contribution < -0.4 is 5.32 Å². The van der Waals surface area contributed by atoms with E-state index in [2.05, 4.69) is 10.2 Å². The van der Waals surface area contributed by atoms with Crippen molar-refractivity contribution in [1.29, 1.82) is 0 Å². The Balaban J connectivity index is 1.95. The van der Waals surface area contributed by atoms with E-state index < -0.39 is 0 Å². The van der Waals surface area contributed by atoms with Crippen LogP contribution in [0.3, 0.4) is 0 Å². The van der Waals surface area contributed by atoms with E-state index >= 15 is 0 Å². The Labute approximate surface area is 112 Å². The number of hydrogen-bond acceptors (Lipinski definition) is 3. The van der Waals surface area contributed by atoms with Gasteiger partial charge in [0.15, 0.2) is 0 Å². The summed E-state index contributed by atoms with van der Waals surface area (Å²) in [5, 5.41) is 11.4. The van der Waals surface area contributed by atoms with Gasteiger partial charge in [-0.1, -0.05) is 12.1 Å². The molecule has 0 spiro atoms. The third kappa shape index (κ3) is 3.75. The quantitative estimate of drug-likeness (QED) is 0.832. The third-order valence-electron chi connectivity index (χ3n) is 3.38. The van der Waals surface area contributed by atoms with Gasteiger partial charge < -0.3 is 10.4 Å². The summed E-state index contributed by atoms with van der Waals surface area (Å²) in [6, 6.07) is 6.22. The van der Waals surface area contributed by atoms with E-state index in [4.69, 9.17) is 5.11 Å². The van der Waals surface area contributed by atoms with Gasteiger partial charge in [0.05, 0.1) is 12.6 Å². The lowest BCUT2D eigenvalue weighted by Crippen LogP contribution is -2.43. The number of halogens is 1. The molecule has 19 heavy (non-hydrogen) atoms. The van der Waals surface area contributed by atoms with E-state index in [1.165, 1.54) is 12.1 Å².